The molecule has 2 aromatic heterocycles. The van der Waals surface area contributed by atoms with Crippen molar-refractivity contribution in [2.75, 3.05) is 32.7 Å². The van der Waals surface area contributed by atoms with Crippen LogP contribution in [0.2, 0.25) is 0 Å². The maximum Gasteiger partial charge on any atom is 0.265 e. The fourth-order valence-electron chi connectivity index (χ4n) is 3.21. The molecule has 1 N–H and O–H groups in total. The third-order valence-electron chi connectivity index (χ3n) is 4.91. The van der Waals surface area contributed by atoms with Crippen molar-refractivity contribution >= 4 is 23.2 Å². The van der Waals surface area contributed by atoms with Crippen molar-refractivity contribution in [3.8, 4) is 10.6 Å². The molecule has 144 valence electrons. The predicted octanol–water partition coefficient (Wildman–Crippen LogP) is 0.888. The van der Waals surface area contributed by atoms with Crippen molar-refractivity contribution < 1.29 is 9.59 Å². The molecule has 2 aliphatic rings. The molecule has 1 saturated heterocycles. The van der Waals surface area contributed by atoms with E-state index in [1.165, 1.54) is 11.3 Å². The summed E-state index contributed by atoms with van der Waals surface area (Å²) in [6.07, 6.45) is 5.86. The first kappa shape index (κ1) is 18.1. The fraction of sp³-hybridized carbons (Fsp3) is 0.556. The summed E-state index contributed by atoms with van der Waals surface area (Å²) in [5.41, 5.74) is 1.69. The number of piperazine rings is 1. The van der Waals surface area contributed by atoms with Gasteiger partial charge < -0.3 is 10.2 Å². The Bertz CT molecular complexity index is 848. The zero-order valence-electron chi connectivity index (χ0n) is 15.6. The van der Waals surface area contributed by atoms with E-state index in [0.717, 1.165) is 42.2 Å². The average molecular weight is 388 g/mol. The van der Waals surface area contributed by atoms with Crippen LogP contribution in [0, 0.1) is 6.92 Å². The molecular formula is C18H24N6O2S. The Kier molecular flexibility index (Phi) is 4.96. The lowest BCUT2D eigenvalue weighted by atomic mass is 10.2. The molecule has 1 aliphatic carbocycles. The molecule has 0 unspecified atom stereocenters. The Morgan fingerprint density at radius 3 is 2.63 bits per heavy atom. The van der Waals surface area contributed by atoms with Gasteiger partial charge in [0.15, 0.2) is 0 Å². The molecule has 9 heteroatoms. The molecular weight excluding hydrogens is 364 g/mol. The van der Waals surface area contributed by atoms with Crippen LogP contribution in [-0.4, -0.2) is 75.1 Å². The first-order valence-electron chi connectivity index (χ1n) is 9.27. The lowest BCUT2D eigenvalue weighted by Gasteiger charge is -2.34. The maximum atomic E-state index is 12.9. The van der Waals surface area contributed by atoms with Gasteiger partial charge in [-0.3, -0.25) is 19.2 Å². The van der Waals surface area contributed by atoms with Gasteiger partial charge in [-0.25, -0.2) is 4.98 Å². The van der Waals surface area contributed by atoms with Crippen LogP contribution < -0.4 is 5.32 Å². The quantitative estimate of drug-likeness (QED) is 0.822. The third kappa shape index (κ3) is 4.19. The molecule has 27 heavy (non-hydrogen) atoms. The third-order valence-corrected chi connectivity index (χ3v) is 6.11. The molecule has 3 heterocycles. The summed E-state index contributed by atoms with van der Waals surface area (Å²) in [5, 5.41) is 8.00. The van der Waals surface area contributed by atoms with Crippen molar-refractivity contribution in [1.29, 1.82) is 0 Å². The van der Waals surface area contributed by atoms with Gasteiger partial charge >= 0.3 is 0 Å². The Morgan fingerprint density at radius 2 is 2.00 bits per heavy atom. The summed E-state index contributed by atoms with van der Waals surface area (Å²) in [6, 6.07) is 0.392. The van der Waals surface area contributed by atoms with Gasteiger partial charge in [0.2, 0.25) is 5.91 Å². The summed E-state index contributed by atoms with van der Waals surface area (Å²) >= 11 is 1.42. The normalized spacial score (nSPS) is 17.9. The second-order valence-corrected chi connectivity index (χ2v) is 8.25. The number of carbonyl (C=O) groups excluding carboxylic acids is 2. The Hall–Kier alpha value is -2.26. The fourth-order valence-corrected chi connectivity index (χ4v) is 4.22. The van der Waals surface area contributed by atoms with E-state index in [1.54, 1.807) is 10.9 Å². The summed E-state index contributed by atoms with van der Waals surface area (Å²) in [7, 11) is 1.86. The number of carbonyl (C=O) groups is 2. The molecule has 2 fully saturated rings. The van der Waals surface area contributed by atoms with Gasteiger partial charge in [-0.2, -0.15) is 5.10 Å². The molecule has 2 amide bonds. The second kappa shape index (κ2) is 7.40. The van der Waals surface area contributed by atoms with E-state index >= 15 is 0 Å². The number of hydrogen-bond acceptors (Lipinski definition) is 6. The first-order valence-corrected chi connectivity index (χ1v) is 10.1. The van der Waals surface area contributed by atoms with Crippen LogP contribution in [0.3, 0.4) is 0 Å². The molecule has 1 aliphatic heterocycles. The highest BCUT2D eigenvalue weighted by atomic mass is 32.1. The largest absolute Gasteiger partial charge is 0.352 e. The minimum Gasteiger partial charge on any atom is -0.352 e. The number of nitrogens with one attached hydrogen (secondary N) is 1. The van der Waals surface area contributed by atoms with Crippen molar-refractivity contribution in [3.63, 3.8) is 0 Å². The Morgan fingerprint density at radius 1 is 1.26 bits per heavy atom. The lowest BCUT2D eigenvalue weighted by Crippen LogP contribution is -2.51. The van der Waals surface area contributed by atoms with E-state index < -0.39 is 0 Å². The molecule has 2 aromatic rings. The van der Waals surface area contributed by atoms with Crippen molar-refractivity contribution in [2.45, 2.75) is 25.8 Å². The first-order chi connectivity index (χ1) is 13.0. The summed E-state index contributed by atoms with van der Waals surface area (Å²) in [4.78, 5) is 34.1. The van der Waals surface area contributed by atoms with Gasteiger partial charge in [0.1, 0.15) is 9.88 Å². The van der Waals surface area contributed by atoms with Crippen LogP contribution in [0.4, 0.5) is 0 Å². The average Bonchev–Trinajstić information content (AvgIpc) is 3.20. The second-order valence-electron chi connectivity index (χ2n) is 7.25. The molecule has 8 nitrogen and oxygen atoms in total. The highest BCUT2D eigenvalue weighted by molar-refractivity contribution is 7.17. The SMILES string of the molecule is Cc1nc(-c2cnn(C)c2)sc1C(=O)N1CCN(CC(=O)NC2CC2)CC1. The summed E-state index contributed by atoms with van der Waals surface area (Å²) < 4.78 is 1.73. The smallest absolute Gasteiger partial charge is 0.265 e. The van der Waals surface area contributed by atoms with Crippen molar-refractivity contribution in [1.82, 2.24) is 29.9 Å². The molecule has 0 aromatic carbocycles. The van der Waals surface area contributed by atoms with Gasteiger partial charge in [-0.15, -0.1) is 11.3 Å². The Labute approximate surface area is 162 Å². The number of aromatic nitrogens is 3. The summed E-state index contributed by atoms with van der Waals surface area (Å²) in [6.45, 7) is 5.00. The van der Waals surface area contributed by atoms with Crippen molar-refractivity contribution in [2.24, 2.45) is 7.05 Å². The van der Waals surface area contributed by atoms with Crippen LogP contribution in [0.15, 0.2) is 12.4 Å². The van der Waals surface area contributed by atoms with Gasteiger partial charge in [-0.05, 0) is 19.8 Å². The number of aryl methyl sites for hydroxylation is 2. The van der Waals surface area contributed by atoms with E-state index in [-0.39, 0.29) is 11.8 Å². The van der Waals surface area contributed by atoms with Crippen LogP contribution in [0.25, 0.3) is 10.6 Å². The minimum absolute atomic E-state index is 0.0298. The number of rotatable bonds is 5. The van der Waals surface area contributed by atoms with Crippen LogP contribution >= 0.6 is 11.3 Å². The maximum absolute atomic E-state index is 12.9. The Balaban J connectivity index is 1.35. The molecule has 0 atom stereocenters. The number of hydrogen-bond donors (Lipinski definition) is 1. The van der Waals surface area contributed by atoms with Gasteiger partial charge in [-0.1, -0.05) is 0 Å². The predicted molar refractivity (Wildman–Crippen MR) is 103 cm³/mol. The van der Waals surface area contributed by atoms with E-state index in [2.05, 4.69) is 20.3 Å². The standard InChI is InChI=1S/C18H24N6O2S/c1-12-16(27-17(20-12)13-9-19-22(2)10-13)18(26)24-7-5-23(6-8-24)11-15(25)21-14-3-4-14/h9-10,14H,3-8,11H2,1-2H3,(H,21,25). The molecule has 0 spiro atoms. The van der Waals surface area contributed by atoms with Crippen molar-refractivity contribution in [3.05, 3.63) is 23.0 Å². The molecule has 1 saturated carbocycles. The highest BCUT2D eigenvalue weighted by Crippen LogP contribution is 2.28. The lowest BCUT2D eigenvalue weighted by molar-refractivity contribution is -0.122. The molecule has 4 rings (SSSR count). The topological polar surface area (TPSA) is 83.4 Å². The summed E-state index contributed by atoms with van der Waals surface area (Å²) in [5.74, 6) is 0.124. The van der Waals surface area contributed by atoms with Crippen LogP contribution in [0.1, 0.15) is 28.2 Å². The van der Waals surface area contributed by atoms with Gasteiger partial charge in [0, 0.05) is 51.0 Å². The van der Waals surface area contributed by atoms with E-state index in [1.807, 2.05) is 25.1 Å². The van der Waals surface area contributed by atoms with Gasteiger partial charge in [0.25, 0.3) is 5.91 Å². The minimum atomic E-state index is 0.0298. The van der Waals surface area contributed by atoms with Crippen LogP contribution in [0.5, 0.6) is 0 Å². The molecule has 0 radical (unpaired) electrons. The molecule has 0 bridgehead atoms. The number of thiazole rings is 1. The van der Waals surface area contributed by atoms with E-state index in [9.17, 15) is 9.59 Å². The van der Waals surface area contributed by atoms with Crippen LogP contribution in [-0.2, 0) is 11.8 Å². The van der Waals surface area contributed by atoms with E-state index in [4.69, 9.17) is 0 Å². The zero-order chi connectivity index (χ0) is 19.0. The number of nitrogens with zero attached hydrogens (tertiary/aromatic N) is 5. The van der Waals surface area contributed by atoms with Gasteiger partial charge in [0.05, 0.1) is 18.4 Å². The highest BCUT2D eigenvalue weighted by Gasteiger charge is 2.28. The van der Waals surface area contributed by atoms with E-state index in [0.29, 0.717) is 30.6 Å². The number of amides is 2. The monoisotopic (exact) mass is 388 g/mol. The zero-order valence-corrected chi connectivity index (χ0v) is 16.5.